The highest BCUT2D eigenvalue weighted by molar-refractivity contribution is 5.92. The van der Waals surface area contributed by atoms with Crippen LogP contribution in [-0.2, 0) is 4.79 Å². The van der Waals surface area contributed by atoms with Gasteiger partial charge < -0.3 is 15.5 Å². The Labute approximate surface area is 117 Å². The van der Waals surface area contributed by atoms with Crippen LogP contribution >= 0.6 is 0 Å². The van der Waals surface area contributed by atoms with Gasteiger partial charge in [-0.2, -0.15) is 0 Å². The second kappa shape index (κ2) is 5.40. The number of carboxylic acid groups (broad SMARTS) is 1. The molecule has 108 valence electrons. The lowest BCUT2D eigenvalue weighted by Crippen LogP contribution is -2.57. The number of phenolic OH excluding ortho intramolecular Hbond substituents is 1. The van der Waals surface area contributed by atoms with Gasteiger partial charge in [-0.3, -0.25) is 9.69 Å². The number of hydrogen-bond acceptors (Lipinski definition) is 3. The number of nitrogens with zero attached hydrogens (tertiary/aromatic N) is 1. The summed E-state index contributed by atoms with van der Waals surface area (Å²) in [7, 11) is 1.61. The third-order valence-electron chi connectivity index (χ3n) is 3.71. The summed E-state index contributed by atoms with van der Waals surface area (Å²) in [6.07, 6.45) is 2.25. The minimum Gasteiger partial charge on any atom is -0.508 e. The van der Waals surface area contributed by atoms with E-state index >= 15 is 0 Å². The summed E-state index contributed by atoms with van der Waals surface area (Å²) >= 11 is 0. The lowest BCUT2D eigenvalue weighted by atomic mass is 9.74. The van der Waals surface area contributed by atoms with Crippen molar-refractivity contribution in [2.45, 2.75) is 31.2 Å². The third kappa shape index (κ3) is 3.01. The molecule has 2 rings (SSSR count). The fourth-order valence-corrected chi connectivity index (χ4v) is 2.34. The van der Waals surface area contributed by atoms with Gasteiger partial charge in [0, 0.05) is 12.7 Å². The number of carboxylic acids is 1. The van der Waals surface area contributed by atoms with Gasteiger partial charge in [0.2, 0.25) is 0 Å². The van der Waals surface area contributed by atoms with Crippen LogP contribution in [0.2, 0.25) is 0 Å². The van der Waals surface area contributed by atoms with E-state index in [1.165, 1.54) is 17.0 Å². The van der Waals surface area contributed by atoms with Gasteiger partial charge in [0.05, 0.1) is 12.0 Å². The molecule has 0 saturated heterocycles. The first kappa shape index (κ1) is 14.2. The molecule has 0 atom stereocenters. The molecule has 3 N–H and O–H groups in total. The molecule has 0 aliphatic heterocycles. The number of hydrogen-bond donors (Lipinski definition) is 3. The van der Waals surface area contributed by atoms with Crippen LogP contribution in [0.3, 0.4) is 0 Å². The van der Waals surface area contributed by atoms with Crippen LogP contribution in [-0.4, -0.2) is 34.8 Å². The van der Waals surface area contributed by atoms with Crippen molar-refractivity contribution in [2.75, 3.05) is 11.9 Å². The third-order valence-corrected chi connectivity index (χ3v) is 3.71. The number of aromatic hydroxyl groups is 1. The molecular formula is C14H18N2O4. The molecule has 0 heterocycles. The molecule has 1 saturated carbocycles. The maximum Gasteiger partial charge on any atom is 0.322 e. The van der Waals surface area contributed by atoms with Crippen LogP contribution in [0.4, 0.5) is 10.5 Å². The van der Waals surface area contributed by atoms with Gasteiger partial charge in [-0.25, -0.2) is 4.79 Å². The smallest absolute Gasteiger partial charge is 0.322 e. The molecule has 1 aromatic carbocycles. The van der Waals surface area contributed by atoms with Gasteiger partial charge in [-0.15, -0.1) is 0 Å². The normalized spacial score (nSPS) is 16.1. The zero-order valence-corrected chi connectivity index (χ0v) is 11.3. The van der Waals surface area contributed by atoms with Crippen molar-refractivity contribution in [3.05, 3.63) is 24.3 Å². The quantitative estimate of drug-likeness (QED) is 0.785. The average molecular weight is 278 g/mol. The molecule has 0 bridgehead atoms. The van der Waals surface area contributed by atoms with E-state index in [9.17, 15) is 14.7 Å². The number of amides is 2. The van der Waals surface area contributed by atoms with Crippen molar-refractivity contribution < 1.29 is 19.8 Å². The number of carbonyl (C=O) groups is 2. The zero-order chi connectivity index (χ0) is 14.8. The molecular weight excluding hydrogens is 260 g/mol. The number of anilines is 1. The molecule has 1 aromatic rings. The van der Waals surface area contributed by atoms with E-state index < -0.39 is 11.5 Å². The van der Waals surface area contributed by atoms with Crippen molar-refractivity contribution >= 4 is 17.7 Å². The van der Waals surface area contributed by atoms with Crippen LogP contribution in [0.1, 0.15) is 25.7 Å². The van der Waals surface area contributed by atoms with E-state index in [0.717, 1.165) is 6.42 Å². The Hall–Kier alpha value is -2.24. The molecule has 0 unspecified atom stereocenters. The van der Waals surface area contributed by atoms with Crippen LogP contribution in [0, 0.1) is 0 Å². The van der Waals surface area contributed by atoms with Gasteiger partial charge in [-0.1, -0.05) is 0 Å². The van der Waals surface area contributed by atoms with Gasteiger partial charge >= 0.3 is 12.0 Å². The predicted molar refractivity (Wildman–Crippen MR) is 73.9 cm³/mol. The summed E-state index contributed by atoms with van der Waals surface area (Å²) in [5.41, 5.74) is 0.0128. The summed E-state index contributed by atoms with van der Waals surface area (Å²) in [5, 5.41) is 21.0. The molecule has 1 fully saturated rings. The highest BCUT2D eigenvalue weighted by Gasteiger charge is 2.41. The van der Waals surface area contributed by atoms with Crippen LogP contribution in [0.25, 0.3) is 0 Å². The minimum atomic E-state index is -0.905. The Morgan fingerprint density at radius 1 is 1.30 bits per heavy atom. The molecule has 2 amide bonds. The highest BCUT2D eigenvalue weighted by Crippen LogP contribution is 2.35. The van der Waals surface area contributed by atoms with Gasteiger partial charge in [-0.05, 0) is 43.5 Å². The monoisotopic (exact) mass is 278 g/mol. The van der Waals surface area contributed by atoms with Crippen molar-refractivity contribution in [3.8, 4) is 5.75 Å². The highest BCUT2D eigenvalue weighted by atomic mass is 16.4. The average Bonchev–Trinajstić information content (AvgIpc) is 2.35. The summed E-state index contributed by atoms with van der Waals surface area (Å²) in [6, 6.07) is 5.90. The summed E-state index contributed by atoms with van der Waals surface area (Å²) < 4.78 is 0. The van der Waals surface area contributed by atoms with E-state index in [1.807, 2.05) is 0 Å². The Bertz CT molecular complexity index is 508. The lowest BCUT2D eigenvalue weighted by molar-refractivity contribution is -0.139. The maximum absolute atomic E-state index is 12.2. The number of urea groups is 1. The van der Waals surface area contributed by atoms with E-state index in [-0.39, 0.29) is 18.2 Å². The van der Waals surface area contributed by atoms with Crippen LogP contribution in [0.15, 0.2) is 24.3 Å². The molecule has 0 radical (unpaired) electrons. The molecule has 1 aliphatic carbocycles. The van der Waals surface area contributed by atoms with Gasteiger partial charge in [0.1, 0.15) is 5.75 Å². The summed E-state index contributed by atoms with van der Waals surface area (Å²) in [6.45, 7) is 0. The Balaban J connectivity index is 2.03. The van der Waals surface area contributed by atoms with Gasteiger partial charge in [0.15, 0.2) is 0 Å². The predicted octanol–water partition coefficient (Wildman–Crippen LogP) is 1.94. The lowest BCUT2D eigenvalue weighted by Gasteiger charge is -2.42. The number of phenols is 1. The van der Waals surface area contributed by atoms with Crippen molar-refractivity contribution in [1.29, 1.82) is 0 Å². The molecule has 0 aromatic heterocycles. The SMILES string of the molecule is CN(C(=O)NC1(CC(=O)O)CCC1)c1ccc(O)cc1. The molecule has 20 heavy (non-hydrogen) atoms. The standard InChI is InChI=1S/C14H18N2O4/c1-16(10-3-5-11(17)6-4-10)13(20)15-14(7-2-8-14)9-12(18)19/h3-6,17H,2,7-9H2,1H3,(H,15,20)(H,18,19). The Morgan fingerprint density at radius 3 is 2.35 bits per heavy atom. The number of aliphatic carboxylic acids is 1. The molecule has 0 spiro atoms. The maximum atomic E-state index is 12.2. The fourth-order valence-electron chi connectivity index (χ4n) is 2.34. The number of carbonyl (C=O) groups excluding carboxylic acids is 1. The number of rotatable bonds is 4. The van der Waals surface area contributed by atoms with E-state index in [4.69, 9.17) is 5.11 Å². The number of benzene rings is 1. The number of nitrogens with one attached hydrogen (secondary N) is 1. The first-order valence-corrected chi connectivity index (χ1v) is 6.49. The van der Waals surface area contributed by atoms with Crippen LogP contribution in [0.5, 0.6) is 5.75 Å². The summed E-state index contributed by atoms with van der Waals surface area (Å²) in [4.78, 5) is 24.5. The second-order valence-corrected chi connectivity index (χ2v) is 5.21. The van der Waals surface area contributed by atoms with Crippen molar-refractivity contribution in [3.63, 3.8) is 0 Å². The van der Waals surface area contributed by atoms with Gasteiger partial charge in [0.25, 0.3) is 0 Å². The molecule has 1 aliphatic rings. The minimum absolute atomic E-state index is 0.0534. The largest absolute Gasteiger partial charge is 0.508 e. The van der Waals surface area contributed by atoms with E-state index in [2.05, 4.69) is 5.32 Å². The molecule has 6 nitrogen and oxygen atoms in total. The Morgan fingerprint density at radius 2 is 1.90 bits per heavy atom. The second-order valence-electron chi connectivity index (χ2n) is 5.21. The van der Waals surface area contributed by atoms with E-state index in [0.29, 0.717) is 18.5 Å². The Kier molecular flexibility index (Phi) is 3.83. The molecule has 6 heteroatoms. The van der Waals surface area contributed by atoms with Crippen molar-refractivity contribution in [2.24, 2.45) is 0 Å². The zero-order valence-electron chi connectivity index (χ0n) is 11.3. The van der Waals surface area contributed by atoms with E-state index in [1.54, 1.807) is 19.2 Å². The fraction of sp³-hybridized carbons (Fsp3) is 0.429. The van der Waals surface area contributed by atoms with Crippen molar-refractivity contribution in [1.82, 2.24) is 5.32 Å². The summed E-state index contributed by atoms with van der Waals surface area (Å²) in [5.74, 6) is -0.777. The first-order valence-electron chi connectivity index (χ1n) is 6.49. The topological polar surface area (TPSA) is 89.9 Å². The first-order chi connectivity index (χ1) is 9.42. The van der Waals surface area contributed by atoms with Crippen LogP contribution < -0.4 is 10.2 Å².